The summed E-state index contributed by atoms with van der Waals surface area (Å²) in [4.78, 5) is 12.2. The van der Waals surface area contributed by atoms with Crippen molar-refractivity contribution < 1.29 is 0 Å². The number of hydrogen-bond acceptors (Lipinski definition) is 2. The Kier molecular flexibility index (Phi) is 1.56. The standard InChI is InChI=1S/C14H8N3/c1-2-4-10-9(3-1)13-11(17-10)5-6-12-14(13)16-8-7-15-12/h1-2,4-8,16H. The Morgan fingerprint density at radius 1 is 1.06 bits per heavy atom. The van der Waals surface area contributed by atoms with Crippen molar-refractivity contribution >= 4 is 32.8 Å². The highest BCUT2D eigenvalue weighted by atomic mass is 14.8. The molecule has 1 radical (unpaired) electrons. The molecule has 2 aromatic heterocycles. The third kappa shape index (κ3) is 1.11. The zero-order valence-corrected chi connectivity index (χ0v) is 8.94. The fraction of sp³-hybridized carbons (Fsp3) is 0. The lowest BCUT2D eigenvalue weighted by atomic mass is 10.1. The monoisotopic (exact) mass is 218 g/mol. The van der Waals surface area contributed by atoms with Gasteiger partial charge in [0.2, 0.25) is 0 Å². The van der Waals surface area contributed by atoms with E-state index in [1.165, 1.54) is 0 Å². The number of benzene rings is 2. The predicted octanol–water partition coefficient (Wildman–Crippen LogP) is 3.06. The molecule has 0 atom stereocenters. The molecule has 2 heterocycles. The molecule has 17 heavy (non-hydrogen) atoms. The van der Waals surface area contributed by atoms with Crippen molar-refractivity contribution in [1.29, 1.82) is 0 Å². The molecule has 0 bridgehead atoms. The second-order valence-electron chi connectivity index (χ2n) is 3.99. The van der Waals surface area contributed by atoms with Crippen molar-refractivity contribution in [1.82, 2.24) is 15.0 Å². The highest BCUT2D eigenvalue weighted by Gasteiger charge is 2.09. The van der Waals surface area contributed by atoms with Crippen LogP contribution in [0.5, 0.6) is 0 Å². The van der Waals surface area contributed by atoms with Gasteiger partial charge in [0.1, 0.15) is 0 Å². The summed E-state index contributed by atoms with van der Waals surface area (Å²) in [7, 11) is 0. The molecule has 4 rings (SSSR count). The predicted molar refractivity (Wildman–Crippen MR) is 67.7 cm³/mol. The summed E-state index contributed by atoms with van der Waals surface area (Å²) in [6.45, 7) is 0. The van der Waals surface area contributed by atoms with Crippen molar-refractivity contribution in [2.45, 2.75) is 0 Å². The minimum atomic E-state index is 0.951. The summed E-state index contributed by atoms with van der Waals surface area (Å²) in [6, 6.07) is 13.1. The summed E-state index contributed by atoms with van der Waals surface area (Å²) < 4.78 is 0. The van der Waals surface area contributed by atoms with Gasteiger partial charge in [-0.25, -0.2) is 4.98 Å². The molecule has 0 aliphatic heterocycles. The molecular formula is C14H8N3. The van der Waals surface area contributed by atoms with Gasteiger partial charge in [0.05, 0.1) is 22.1 Å². The van der Waals surface area contributed by atoms with E-state index in [0.29, 0.717) is 0 Å². The molecule has 0 saturated heterocycles. The van der Waals surface area contributed by atoms with Crippen LogP contribution in [0.15, 0.2) is 42.7 Å². The number of nitrogens with zero attached hydrogens (tertiary/aromatic N) is 2. The molecule has 0 unspecified atom stereocenters. The second kappa shape index (κ2) is 3.04. The molecule has 0 aliphatic rings. The molecule has 0 aliphatic carbocycles. The van der Waals surface area contributed by atoms with Crippen LogP contribution in [-0.4, -0.2) is 15.0 Å². The summed E-state index contributed by atoms with van der Waals surface area (Å²) in [5, 5.41) is 2.16. The van der Waals surface area contributed by atoms with Crippen LogP contribution in [0.2, 0.25) is 0 Å². The largest absolute Gasteiger partial charge is 0.358 e. The molecule has 0 fully saturated rings. The Bertz CT molecular complexity index is 840. The fourth-order valence-corrected chi connectivity index (χ4v) is 2.27. The number of aromatic amines is 1. The zero-order chi connectivity index (χ0) is 11.2. The van der Waals surface area contributed by atoms with Gasteiger partial charge in [-0.2, -0.15) is 0 Å². The molecule has 2 aromatic carbocycles. The summed E-state index contributed by atoms with van der Waals surface area (Å²) in [5.41, 5.74) is 3.94. The molecule has 0 amide bonds. The lowest BCUT2D eigenvalue weighted by Gasteiger charge is -1.98. The van der Waals surface area contributed by atoms with Crippen molar-refractivity contribution in [3.8, 4) is 0 Å². The van der Waals surface area contributed by atoms with E-state index in [0.717, 1.165) is 32.8 Å². The third-order valence-corrected chi connectivity index (χ3v) is 3.00. The van der Waals surface area contributed by atoms with Gasteiger partial charge in [-0.15, -0.1) is 0 Å². The number of aromatic nitrogens is 3. The van der Waals surface area contributed by atoms with E-state index < -0.39 is 0 Å². The van der Waals surface area contributed by atoms with Gasteiger partial charge in [-0.3, -0.25) is 4.98 Å². The summed E-state index contributed by atoms with van der Waals surface area (Å²) in [6.07, 6.45) is 3.60. The van der Waals surface area contributed by atoms with Crippen molar-refractivity contribution in [2.24, 2.45) is 0 Å². The number of nitrogens with one attached hydrogen (secondary N) is 1. The van der Waals surface area contributed by atoms with E-state index in [1.54, 1.807) is 6.20 Å². The Hall–Kier alpha value is -2.42. The van der Waals surface area contributed by atoms with Crippen LogP contribution < -0.4 is 0 Å². The highest BCUT2D eigenvalue weighted by molar-refractivity contribution is 6.17. The minimum Gasteiger partial charge on any atom is -0.358 e. The van der Waals surface area contributed by atoms with Crippen LogP contribution in [0.3, 0.4) is 0 Å². The van der Waals surface area contributed by atoms with E-state index in [4.69, 9.17) is 0 Å². The minimum absolute atomic E-state index is 0.951. The van der Waals surface area contributed by atoms with Crippen molar-refractivity contribution in [3.63, 3.8) is 0 Å². The van der Waals surface area contributed by atoms with Crippen molar-refractivity contribution in [3.05, 3.63) is 48.8 Å². The van der Waals surface area contributed by atoms with Crippen LogP contribution in [-0.2, 0) is 0 Å². The van der Waals surface area contributed by atoms with E-state index in [-0.39, 0.29) is 0 Å². The fourth-order valence-electron chi connectivity index (χ4n) is 2.27. The number of fused-ring (bicyclic) bond motifs is 5. The lowest BCUT2D eigenvalue weighted by molar-refractivity contribution is 1.30. The molecule has 3 nitrogen and oxygen atoms in total. The molecule has 3 heteroatoms. The maximum Gasteiger partial charge on any atom is 0.0872 e. The second-order valence-corrected chi connectivity index (χ2v) is 3.99. The molecule has 4 aromatic rings. The van der Waals surface area contributed by atoms with Gasteiger partial charge in [0, 0.05) is 23.2 Å². The van der Waals surface area contributed by atoms with Crippen LogP contribution in [0.25, 0.3) is 32.8 Å². The average Bonchev–Trinajstić information content (AvgIpc) is 2.77. The Balaban J connectivity index is 2.38. The quantitative estimate of drug-likeness (QED) is 0.493. The first-order chi connectivity index (χ1) is 8.43. The number of rotatable bonds is 0. The Morgan fingerprint density at radius 2 is 2.00 bits per heavy atom. The molecular weight excluding hydrogens is 210 g/mol. The maximum absolute atomic E-state index is 4.59. The van der Waals surface area contributed by atoms with Gasteiger partial charge >= 0.3 is 0 Å². The lowest BCUT2D eigenvalue weighted by Crippen LogP contribution is -1.82. The smallest absolute Gasteiger partial charge is 0.0872 e. The van der Waals surface area contributed by atoms with Crippen LogP contribution in [0.4, 0.5) is 0 Å². The molecule has 79 valence electrons. The van der Waals surface area contributed by atoms with Gasteiger partial charge in [0.25, 0.3) is 0 Å². The maximum atomic E-state index is 4.59. The zero-order valence-electron chi connectivity index (χ0n) is 8.94. The molecule has 0 spiro atoms. The van der Waals surface area contributed by atoms with Crippen LogP contribution >= 0.6 is 0 Å². The summed E-state index contributed by atoms with van der Waals surface area (Å²) >= 11 is 0. The Morgan fingerprint density at radius 3 is 3.00 bits per heavy atom. The average molecular weight is 218 g/mol. The topological polar surface area (TPSA) is 41.6 Å². The van der Waals surface area contributed by atoms with E-state index in [2.05, 4.69) is 21.0 Å². The van der Waals surface area contributed by atoms with Crippen molar-refractivity contribution in [2.75, 3.05) is 0 Å². The summed E-state index contributed by atoms with van der Waals surface area (Å²) in [5.74, 6) is 0. The Labute approximate surface area is 97.1 Å². The van der Waals surface area contributed by atoms with E-state index >= 15 is 0 Å². The van der Waals surface area contributed by atoms with Gasteiger partial charge in [-0.05, 0) is 24.3 Å². The van der Waals surface area contributed by atoms with Crippen LogP contribution in [0, 0.1) is 6.07 Å². The molecule has 1 N–H and O–H groups in total. The number of hydrogen-bond donors (Lipinski definition) is 1. The first kappa shape index (κ1) is 8.70. The molecule has 0 saturated carbocycles. The van der Waals surface area contributed by atoms with E-state index in [9.17, 15) is 0 Å². The van der Waals surface area contributed by atoms with E-state index in [1.807, 2.05) is 36.5 Å². The van der Waals surface area contributed by atoms with Gasteiger partial charge in [-0.1, -0.05) is 12.1 Å². The number of H-pyrrole nitrogens is 1. The van der Waals surface area contributed by atoms with Gasteiger partial charge in [0.15, 0.2) is 0 Å². The third-order valence-electron chi connectivity index (χ3n) is 3.00. The van der Waals surface area contributed by atoms with Crippen LogP contribution in [0.1, 0.15) is 0 Å². The SMILES string of the molecule is [c]1cccc2nc3ccc4ncc[nH]c4c3c12. The first-order valence-corrected chi connectivity index (χ1v) is 5.46. The normalized spacial score (nSPS) is 11.5. The first-order valence-electron chi connectivity index (χ1n) is 5.46. The highest BCUT2D eigenvalue weighted by Crippen LogP contribution is 2.29. The van der Waals surface area contributed by atoms with Gasteiger partial charge < -0.3 is 4.98 Å².